The van der Waals surface area contributed by atoms with E-state index in [0.29, 0.717) is 24.4 Å². The van der Waals surface area contributed by atoms with E-state index in [1.807, 2.05) is 41.1 Å². The summed E-state index contributed by atoms with van der Waals surface area (Å²) in [4.78, 5) is 12.4. The molecule has 2 saturated carbocycles. The zero-order chi connectivity index (χ0) is 16.5. The Kier molecular flexibility index (Phi) is 4.10. The second-order valence-electron chi connectivity index (χ2n) is 7.10. The molecule has 0 saturated heterocycles. The molecule has 2 fully saturated rings. The fraction of sp³-hybridized carbons (Fsp3) is 0.474. The topological polar surface area (TPSA) is 72.9 Å². The highest BCUT2D eigenvalue weighted by atomic mass is 16.1. The summed E-state index contributed by atoms with van der Waals surface area (Å²) in [6, 6.07) is 12.4. The number of para-hydroxylation sites is 1. The molecule has 1 amide bonds. The molecule has 1 heterocycles. The summed E-state index contributed by atoms with van der Waals surface area (Å²) in [7, 11) is 0. The first-order chi connectivity index (χ1) is 11.7. The smallest absolute Gasteiger partial charge is 0.223 e. The molecule has 3 N–H and O–H groups in total. The van der Waals surface area contributed by atoms with E-state index >= 15 is 0 Å². The summed E-state index contributed by atoms with van der Waals surface area (Å²) in [6.07, 6.45) is 5.68. The minimum atomic E-state index is 0.160. The maximum Gasteiger partial charge on any atom is 0.223 e. The molecule has 5 nitrogen and oxygen atoms in total. The summed E-state index contributed by atoms with van der Waals surface area (Å²) in [5.41, 5.74) is 8.17. The number of carbonyl (C=O) groups is 1. The van der Waals surface area contributed by atoms with Crippen molar-refractivity contribution < 1.29 is 4.79 Å². The first kappa shape index (κ1) is 15.4. The van der Waals surface area contributed by atoms with Gasteiger partial charge in [0, 0.05) is 36.8 Å². The Morgan fingerprint density at radius 3 is 2.79 bits per heavy atom. The summed E-state index contributed by atoms with van der Waals surface area (Å²) in [5, 5.41) is 7.49. The minimum absolute atomic E-state index is 0.160. The van der Waals surface area contributed by atoms with Crippen LogP contribution in [0.5, 0.6) is 0 Å². The van der Waals surface area contributed by atoms with Crippen molar-refractivity contribution in [1.82, 2.24) is 15.1 Å². The Hall–Kier alpha value is -2.14. The van der Waals surface area contributed by atoms with Gasteiger partial charge >= 0.3 is 0 Å². The number of hydrogen-bond acceptors (Lipinski definition) is 3. The summed E-state index contributed by atoms with van der Waals surface area (Å²) >= 11 is 0. The number of nitrogens with zero attached hydrogens (tertiary/aromatic N) is 2. The largest absolute Gasteiger partial charge is 0.355 e. The fourth-order valence-electron chi connectivity index (χ4n) is 4.28. The Morgan fingerprint density at radius 2 is 2.04 bits per heavy atom. The average Bonchev–Trinajstić information content (AvgIpc) is 3.19. The first-order valence-corrected chi connectivity index (χ1v) is 8.84. The van der Waals surface area contributed by atoms with Crippen molar-refractivity contribution in [3.8, 4) is 5.69 Å². The molecule has 0 spiro atoms. The van der Waals surface area contributed by atoms with Crippen molar-refractivity contribution in [1.29, 1.82) is 0 Å². The SMILES string of the molecule is NC1CC2CC(C(=O)NCCc3ccnn3-c3ccccc3)CC12. The van der Waals surface area contributed by atoms with Crippen molar-refractivity contribution in [3.05, 3.63) is 48.3 Å². The molecule has 4 atom stereocenters. The number of nitrogens with one attached hydrogen (secondary N) is 1. The third-order valence-electron chi connectivity index (χ3n) is 5.65. The van der Waals surface area contributed by atoms with Crippen LogP contribution in [0, 0.1) is 17.8 Å². The highest BCUT2D eigenvalue weighted by Gasteiger charge is 2.47. The van der Waals surface area contributed by atoms with E-state index < -0.39 is 0 Å². The van der Waals surface area contributed by atoms with Gasteiger partial charge in [-0.05, 0) is 49.3 Å². The maximum atomic E-state index is 12.4. The van der Waals surface area contributed by atoms with Gasteiger partial charge in [0.15, 0.2) is 0 Å². The number of rotatable bonds is 5. The van der Waals surface area contributed by atoms with E-state index in [0.717, 1.165) is 37.1 Å². The minimum Gasteiger partial charge on any atom is -0.355 e. The lowest BCUT2D eigenvalue weighted by Crippen LogP contribution is -2.44. The molecular formula is C19H24N4O. The number of carbonyl (C=O) groups excluding carboxylic acids is 1. The van der Waals surface area contributed by atoms with Gasteiger partial charge < -0.3 is 11.1 Å². The van der Waals surface area contributed by atoms with Crippen LogP contribution in [0.1, 0.15) is 25.0 Å². The molecule has 2 aliphatic carbocycles. The number of amides is 1. The van der Waals surface area contributed by atoms with Crippen LogP contribution >= 0.6 is 0 Å². The fourth-order valence-corrected chi connectivity index (χ4v) is 4.28. The van der Waals surface area contributed by atoms with E-state index in [2.05, 4.69) is 10.4 Å². The van der Waals surface area contributed by atoms with E-state index in [4.69, 9.17) is 5.73 Å². The molecule has 126 valence electrons. The van der Waals surface area contributed by atoms with Crippen LogP contribution in [0.4, 0.5) is 0 Å². The Labute approximate surface area is 142 Å². The zero-order valence-corrected chi connectivity index (χ0v) is 13.8. The average molecular weight is 324 g/mol. The monoisotopic (exact) mass is 324 g/mol. The summed E-state index contributed by atoms with van der Waals surface area (Å²) in [6.45, 7) is 0.648. The lowest BCUT2D eigenvalue weighted by atomic mass is 9.72. The van der Waals surface area contributed by atoms with Crippen LogP contribution < -0.4 is 11.1 Å². The molecule has 2 aliphatic rings. The molecule has 1 aromatic heterocycles. The number of benzene rings is 1. The summed E-state index contributed by atoms with van der Waals surface area (Å²) < 4.78 is 1.93. The second-order valence-corrected chi connectivity index (χ2v) is 7.10. The van der Waals surface area contributed by atoms with Crippen molar-refractivity contribution in [3.63, 3.8) is 0 Å². The molecule has 2 aromatic rings. The number of aromatic nitrogens is 2. The van der Waals surface area contributed by atoms with E-state index in [1.54, 1.807) is 6.20 Å². The van der Waals surface area contributed by atoms with Crippen LogP contribution in [-0.2, 0) is 11.2 Å². The highest BCUT2D eigenvalue weighted by molar-refractivity contribution is 5.79. The molecule has 0 bridgehead atoms. The lowest BCUT2D eigenvalue weighted by molar-refractivity contribution is -0.124. The van der Waals surface area contributed by atoms with Crippen LogP contribution in [0.15, 0.2) is 42.6 Å². The maximum absolute atomic E-state index is 12.4. The molecular weight excluding hydrogens is 300 g/mol. The molecule has 4 unspecified atom stereocenters. The van der Waals surface area contributed by atoms with Crippen molar-refractivity contribution in [2.45, 2.75) is 31.7 Å². The van der Waals surface area contributed by atoms with Gasteiger partial charge in [0.05, 0.1) is 5.69 Å². The Bertz CT molecular complexity index is 711. The van der Waals surface area contributed by atoms with Gasteiger partial charge in [0.1, 0.15) is 0 Å². The van der Waals surface area contributed by atoms with Gasteiger partial charge in [-0.25, -0.2) is 4.68 Å². The van der Waals surface area contributed by atoms with Crippen molar-refractivity contribution >= 4 is 5.91 Å². The third kappa shape index (κ3) is 2.84. The van der Waals surface area contributed by atoms with Crippen LogP contribution in [0.2, 0.25) is 0 Å². The van der Waals surface area contributed by atoms with Gasteiger partial charge in [-0.15, -0.1) is 0 Å². The van der Waals surface area contributed by atoms with Gasteiger partial charge in [-0.3, -0.25) is 4.79 Å². The molecule has 24 heavy (non-hydrogen) atoms. The summed E-state index contributed by atoms with van der Waals surface area (Å²) in [5.74, 6) is 1.63. The van der Waals surface area contributed by atoms with Crippen molar-refractivity contribution in [2.24, 2.45) is 23.5 Å². The molecule has 0 aliphatic heterocycles. The zero-order valence-electron chi connectivity index (χ0n) is 13.8. The van der Waals surface area contributed by atoms with Gasteiger partial charge in [-0.1, -0.05) is 18.2 Å². The van der Waals surface area contributed by atoms with Gasteiger partial charge in [-0.2, -0.15) is 5.10 Å². The van der Waals surface area contributed by atoms with Gasteiger partial charge in [0.25, 0.3) is 0 Å². The highest BCUT2D eigenvalue weighted by Crippen LogP contribution is 2.48. The van der Waals surface area contributed by atoms with Crippen molar-refractivity contribution in [2.75, 3.05) is 6.54 Å². The van der Waals surface area contributed by atoms with Crippen LogP contribution in [0.3, 0.4) is 0 Å². The molecule has 1 aromatic carbocycles. The third-order valence-corrected chi connectivity index (χ3v) is 5.65. The number of fused-ring (bicyclic) bond motifs is 1. The van der Waals surface area contributed by atoms with E-state index in [-0.39, 0.29) is 11.8 Å². The molecule has 4 rings (SSSR count). The second kappa shape index (κ2) is 6.40. The predicted molar refractivity (Wildman–Crippen MR) is 92.6 cm³/mol. The lowest BCUT2D eigenvalue weighted by Gasteiger charge is -2.37. The Morgan fingerprint density at radius 1 is 1.21 bits per heavy atom. The van der Waals surface area contributed by atoms with E-state index in [9.17, 15) is 4.79 Å². The standard InChI is InChI=1S/C19H24N4O/c20-18-12-13-10-14(11-17(13)18)19(24)21-8-6-16-7-9-22-23(16)15-4-2-1-3-5-15/h1-5,7,9,13-14,17-18H,6,8,10-12,20H2,(H,21,24). The van der Waals surface area contributed by atoms with E-state index in [1.165, 1.54) is 0 Å². The molecule has 0 radical (unpaired) electrons. The first-order valence-electron chi connectivity index (χ1n) is 8.84. The molecule has 5 heteroatoms. The number of hydrogen-bond donors (Lipinski definition) is 2. The normalized spacial score (nSPS) is 28.2. The number of nitrogens with two attached hydrogens (primary N) is 1. The quantitative estimate of drug-likeness (QED) is 0.882. The Balaban J connectivity index is 1.31. The van der Waals surface area contributed by atoms with Crippen LogP contribution in [0.25, 0.3) is 5.69 Å². The predicted octanol–water partition coefficient (Wildman–Crippen LogP) is 1.90. The van der Waals surface area contributed by atoms with Gasteiger partial charge in [0.2, 0.25) is 5.91 Å². The van der Waals surface area contributed by atoms with Crippen LogP contribution in [-0.4, -0.2) is 28.3 Å².